The van der Waals surface area contributed by atoms with E-state index in [1.807, 2.05) is 12.1 Å². The Bertz CT molecular complexity index is 974. The molecule has 0 atom stereocenters. The van der Waals surface area contributed by atoms with Gasteiger partial charge in [0.05, 0.1) is 6.21 Å². The van der Waals surface area contributed by atoms with Crippen molar-refractivity contribution in [1.82, 2.24) is 10.4 Å². The minimum Gasteiger partial charge on any atom is -0.358 e. The smallest absolute Gasteiger partial charge is 0.271 e. The first kappa shape index (κ1) is 15.6. The van der Waals surface area contributed by atoms with Crippen LogP contribution in [0.5, 0.6) is 0 Å². The van der Waals surface area contributed by atoms with Gasteiger partial charge in [0.15, 0.2) is 0 Å². The fourth-order valence-corrected chi connectivity index (χ4v) is 3.35. The van der Waals surface area contributed by atoms with Gasteiger partial charge in [-0.2, -0.15) is 5.10 Å². The Morgan fingerprint density at radius 2 is 2.00 bits per heavy atom. The summed E-state index contributed by atoms with van der Waals surface area (Å²) in [6.07, 6.45) is 5.81. The lowest BCUT2D eigenvalue weighted by Gasteiger charge is -2.10. The standard InChI is InChI=1S/C20H18FN3O/c21-17-7-3-1-5-14(17)12-22-24-20(25)13-9-10-19-16(11-13)15-6-2-4-8-18(15)23-19/h1,3,5,7,9-12,23H,2,4,6,8H2,(H,24,25)/b22-12-. The summed E-state index contributed by atoms with van der Waals surface area (Å²) < 4.78 is 13.5. The van der Waals surface area contributed by atoms with Crippen molar-refractivity contribution in [3.05, 3.63) is 70.7 Å². The third kappa shape index (κ3) is 3.05. The summed E-state index contributed by atoms with van der Waals surface area (Å²) in [6, 6.07) is 11.9. The number of amides is 1. The lowest BCUT2D eigenvalue weighted by atomic mass is 9.95. The van der Waals surface area contributed by atoms with Crippen LogP contribution in [-0.2, 0) is 12.8 Å². The Morgan fingerprint density at radius 3 is 2.88 bits per heavy atom. The molecule has 0 radical (unpaired) electrons. The second kappa shape index (κ2) is 6.51. The average molecular weight is 335 g/mol. The summed E-state index contributed by atoms with van der Waals surface area (Å²) in [5.74, 6) is -0.680. The van der Waals surface area contributed by atoms with Gasteiger partial charge in [0.2, 0.25) is 0 Å². The van der Waals surface area contributed by atoms with E-state index < -0.39 is 0 Å². The Kier molecular flexibility index (Phi) is 4.06. The number of hydrazone groups is 1. The predicted molar refractivity (Wildman–Crippen MR) is 96.4 cm³/mol. The van der Waals surface area contributed by atoms with Gasteiger partial charge in [0.25, 0.3) is 5.91 Å². The molecule has 1 heterocycles. The van der Waals surface area contributed by atoms with Crippen LogP contribution in [0.25, 0.3) is 10.9 Å². The number of hydrogen-bond acceptors (Lipinski definition) is 2. The largest absolute Gasteiger partial charge is 0.358 e. The first-order chi connectivity index (χ1) is 12.2. The van der Waals surface area contributed by atoms with Crippen LogP contribution >= 0.6 is 0 Å². The average Bonchev–Trinajstić information content (AvgIpc) is 3.01. The first-order valence-corrected chi connectivity index (χ1v) is 8.44. The Balaban J connectivity index is 1.55. The number of carbonyl (C=O) groups is 1. The number of carbonyl (C=O) groups excluding carboxylic acids is 1. The summed E-state index contributed by atoms with van der Waals surface area (Å²) in [5.41, 5.74) is 7.02. The third-order valence-corrected chi connectivity index (χ3v) is 4.64. The minimum atomic E-state index is -0.374. The van der Waals surface area contributed by atoms with Gasteiger partial charge in [-0.3, -0.25) is 4.79 Å². The van der Waals surface area contributed by atoms with Crippen LogP contribution in [0.1, 0.15) is 40.0 Å². The van der Waals surface area contributed by atoms with E-state index in [9.17, 15) is 9.18 Å². The van der Waals surface area contributed by atoms with E-state index >= 15 is 0 Å². The van der Waals surface area contributed by atoms with Gasteiger partial charge in [0, 0.05) is 27.7 Å². The summed E-state index contributed by atoms with van der Waals surface area (Å²) >= 11 is 0. The Labute approximate surface area is 144 Å². The molecule has 2 N–H and O–H groups in total. The zero-order chi connectivity index (χ0) is 17.2. The van der Waals surface area contributed by atoms with Gasteiger partial charge >= 0.3 is 0 Å². The Morgan fingerprint density at radius 1 is 1.16 bits per heavy atom. The summed E-state index contributed by atoms with van der Waals surface area (Å²) in [4.78, 5) is 15.8. The van der Waals surface area contributed by atoms with Crippen LogP contribution in [0.2, 0.25) is 0 Å². The molecule has 0 spiro atoms. The van der Waals surface area contributed by atoms with Crippen molar-refractivity contribution in [1.29, 1.82) is 0 Å². The topological polar surface area (TPSA) is 57.2 Å². The first-order valence-electron chi connectivity index (χ1n) is 8.44. The molecule has 0 aliphatic heterocycles. The monoisotopic (exact) mass is 335 g/mol. The number of halogens is 1. The number of hydrogen-bond donors (Lipinski definition) is 2. The molecule has 0 bridgehead atoms. The van der Waals surface area contributed by atoms with Crippen LogP contribution in [-0.4, -0.2) is 17.1 Å². The molecule has 4 nitrogen and oxygen atoms in total. The van der Waals surface area contributed by atoms with Crippen LogP contribution in [0.3, 0.4) is 0 Å². The van der Waals surface area contributed by atoms with Crippen LogP contribution in [0.15, 0.2) is 47.6 Å². The van der Waals surface area contributed by atoms with Gasteiger partial charge < -0.3 is 4.98 Å². The lowest BCUT2D eigenvalue weighted by Crippen LogP contribution is -2.17. The van der Waals surface area contributed by atoms with E-state index in [0.717, 1.165) is 23.7 Å². The molecule has 4 rings (SSSR count). The van der Waals surface area contributed by atoms with E-state index in [0.29, 0.717) is 11.1 Å². The predicted octanol–water partition coefficient (Wildman–Crippen LogP) is 3.95. The molecule has 1 aliphatic rings. The van der Waals surface area contributed by atoms with Gasteiger partial charge in [-0.05, 0) is 55.5 Å². The molecular weight excluding hydrogens is 317 g/mol. The number of aromatic amines is 1. The van der Waals surface area contributed by atoms with Crippen LogP contribution in [0, 0.1) is 5.82 Å². The molecule has 0 saturated heterocycles. The molecule has 5 heteroatoms. The lowest BCUT2D eigenvalue weighted by molar-refractivity contribution is 0.0955. The van der Waals surface area contributed by atoms with E-state index in [-0.39, 0.29) is 11.7 Å². The normalized spacial score (nSPS) is 14.0. The van der Waals surface area contributed by atoms with Crippen molar-refractivity contribution in [2.45, 2.75) is 25.7 Å². The molecule has 3 aromatic rings. The maximum Gasteiger partial charge on any atom is 0.271 e. The fraction of sp³-hybridized carbons (Fsp3) is 0.200. The van der Waals surface area contributed by atoms with Crippen molar-refractivity contribution in [3.63, 3.8) is 0 Å². The molecule has 2 aromatic carbocycles. The molecule has 0 fully saturated rings. The van der Waals surface area contributed by atoms with Gasteiger partial charge in [-0.15, -0.1) is 0 Å². The second-order valence-corrected chi connectivity index (χ2v) is 6.27. The summed E-state index contributed by atoms with van der Waals surface area (Å²) in [5, 5.41) is 4.97. The molecule has 25 heavy (non-hydrogen) atoms. The molecular formula is C20H18FN3O. The maximum absolute atomic E-state index is 13.5. The number of benzene rings is 2. The Hall–Kier alpha value is -2.95. The molecule has 0 saturated carbocycles. The van der Waals surface area contributed by atoms with Gasteiger partial charge in [-0.1, -0.05) is 18.2 Å². The van der Waals surface area contributed by atoms with Gasteiger partial charge in [0.1, 0.15) is 5.82 Å². The maximum atomic E-state index is 13.5. The SMILES string of the molecule is O=C(N/N=C\c1ccccc1F)c1ccc2[nH]c3c(c2c1)CCCC3. The van der Waals surface area contributed by atoms with E-state index in [2.05, 4.69) is 15.5 Å². The second-order valence-electron chi connectivity index (χ2n) is 6.27. The number of nitrogens with zero attached hydrogens (tertiary/aromatic N) is 1. The number of fused-ring (bicyclic) bond motifs is 3. The number of rotatable bonds is 3. The van der Waals surface area contributed by atoms with Gasteiger partial charge in [-0.25, -0.2) is 9.82 Å². The fourth-order valence-electron chi connectivity index (χ4n) is 3.35. The molecule has 1 aliphatic carbocycles. The third-order valence-electron chi connectivity index (χ3n) is 4.64. The summed E-state index contributed by atoms with van der Waals surface area (Å²) in [6.45, 7) is 0. The number of nitrogens with one attached hydrogen (secondary N) is 2. The highest BCUT2D eigenvalue weighted by atomic mass is 19.1. The number of H-pyrrole nitrogens is 1. The van der Waals surface area contributed by atoms with E-state index in [1.165, 1.54) is 36.4 Å². The zero-order valence-electron chi connectivity index (χ0n) is 13.7. The van der Waals surface area contributed by atoms with E-state index in [1.54, 1.807) is 24.3 Å². The minimum absolute atomic E-state index is 0.305. The van der Waals surface area contributed by atoms with Crippen molar-refractivity contribution >= 4 is 23.0 Å². The van der Waals surface area contributed by atoms with Crippen molar-refractivity contribution in [2.24, 2.45) is 5.10 Å². The zero-order valence-corrected chi connectivity index (χ0v) is 13.7. The molecule has 0 unspecified atom stereocenters. The highest BCUT2D eigenvalue weighted by Crippen LogP contribution is 2.29. The molecule has 1 aromatic heterocycles. The highest BCUT2D eigenvalue weighted by molar-refractivity contribution is 5.99. The van der Waals surface area contributed by atoms with Crippen LogP contribution in [0.4, 0.5) is 4.39 Å². The molecule has 126 valence electrons. The number of aryl methyl sites for hydroxylation is 2. The van der Waals surface area contributed by atoms with Crippen molar-refractivity contribution in [2.75, 3.05) is 0 Å². The number of aromatic nitrogens is 1. The summed E-state index contributed by atoms with van der Waals surface area (Å²) in [7, 11) is 0. The van der Waals surface area contributed by atoms with Crippen LogP contribution < -0.4 is 5.43 Å². The molecule has 1 amide bonds. The highest BCUT2D eigenvalue weighted by Gasteiger charge is 2.16. The van der Waals surface area contributed by atoms with E-state index in [4.69, 9.17) is 0 Å². The van der Waals surface area contributed by atoms with Crippen molar-refractivity contribution < 1.29 is 9.18 Å². The quantitative estimate of drug-likeness (QED) is 0.553. The van der Waals surface area contributed by atoms with Crippen molar-refractivity contribution in [3.8, 4) is 0 Å².